The number of aromatic nitrogens is 1. The summed E-state index contributed by atoms with van der Waals surface area (Å²) in [5.74, 6) is 1.67. The van der Waals surface area contributed by atoms with E-state index in [9.17, 15) is 15.0 Å². The summed E-state index contributed by atoms with van der Waals surface area (Å²) in [5.41, 5.74) is 2.08. The lowest BCUT2D eigenvalue weighted by Crippen LogP contribution is -2.68. The van der Waals surface area contributed by atoms with Gasteiger partial charge >= 0.3 is 6.16 Å². The number of hydrogen-bond donors (Lipinski definition) is 2. The van der Waals surface area contributed by atoms with Crippen LogP contribution in [0.1, 0.15) is 126 Å². The SMILES string of the molecule is C[C@H]1[C@@H](OC(=O)On2c(O)ccc2O)CC[C@@H]2[C@]1(C)CC[C@H]1[C@@]2(C)CC[C@@]2(C)[C@@H]3CC(C)(C)CC[C@]3(C)CC[C@]12C. The highest BCUT2D eigenvalue weighted by atomic mass is 16.8. The zero-order valence-corrected chi connectivity index (χ0v) is 26.9. The van der Waals surface area contributed by atoms with E-state index in [4.69, 9.17) is 9.57 Å². The van der Waals surface area contributed by atoms with Gasteiger partial charge in [0.2, 0.25) is 11.8 Å². The second-order valence-corrected chi connectivity index (χ2v) is 17.3. The Hall–Kier alpha value is -1.85. The van der Waals surface area contributed by atoms with E-state index in [-0.39, 0.29) is 29.2 Å². The smallest absolute Gasteiger partial charge is 0.492 e. The summed E-state index contributed by atoms with van der Waals surface area (Å²) in [5, 5.41) is 19.7. The first-order valence-electron chi connectivity index (χ1n) is 16.5. The van der Waals surface area contributed by atoms with Gasteiger partial charge in [-0.2, -0.15) is 0 Å². The van der Waals surface area contributed by atoms with Crippen molar-refractivity contribution in [1.29, 1.82) is 0 Å². The van der Waals surface area contributed by atoms with Crippen LogP contribution in [0.5, 0.6) is 11.8 Å². The Balaban J connectivity index is 1.23. The molecule has 0 spiro atoms. The molecular weight excluding hydrogens is 514 g/mol. The molecule has 5 aliphatic rings. The van der Waals surface area contributed by atoms with Gasteiger partial charge in [0.05, 0.1) is 0 Å². The van der Waals surface area contributed by atoms with Crippen LogP contribution in [0, 0.1) is 56.2 Å². The third-order valence-corrected chi connectivity index (χ3v) is 15.1. The summed E-state index contributed by atoms with van der Waals surface area (Å²) < 4.78 is 6.58. The number of nitrogens with zero attached hydrogens (tertiary/aromatic N) is 1. The summed E-state index contributed by atoms with van der Waals surface area (Å²) >= 11 is 0. The van der Waals surface area contributed by atoms with Gasteiger partial charge in [0.15, 0.2) is 0 Å². The molecule has 6 heteroatoms. The molecule has 0 aliphatic heterocycles. The van der Waals surface area contributed by atoms with Gasteiger partial charge in [-0.3, -0.25) is 4.84 Å². The first-order chi connectivity index (χ1) is 19.0. The Bertz CT molecular complexity index is 1190. The fourth-order valence-electron chi connectivity index (χ4n) is 12.2. The van der Waals surface area contributed by atoms with Gasteiger partial charge in [0, 0.05) is 12.1 Å². The Morgan fingerprint density at radius 3 is 2.05 bits per heavy atom. The minimum atomic E-state index is -0.882. The molecule has 0 unspecified atom stereocenters. The summed E-state index contributed by atoms with van der Waals surface area (Å²) in [7, 11) is 0. The number of rotatable bonds is 2. The van der Waals surface area contributed by atoms with Gasteiger partial charge in [-0.25, -0.2) is 4.79 Å². The standard InChI is InChI=1S/C35H55NO5/c1-22-23(40-29(39)41-36-27(37)11-12-28(36)38)9-10-24-32(22,5)14-13-25-33(24,6)18-20-35(8)26-21-30(2,3)15-16-31(26,4)17-19-34(25,35)7/h11-12,22-26,37-38H,9-10,13-21H2,1-8H3/t22-,23-,24+,25-,26+,31+,32+,33-,34+,35-/m0/s1. The number of hydrogen-bond acceptors (Lipinski definition) is 5. The van der Waals surface area contributed by atoms with E-state index in [1.54, 1.807) is 0 Å². The lowest BCUT2D eigenvalue weighted by atomic mass is 9.30. The van der Waals surface area contributed by atoms with Gasteiger partial charge < -0.3 is 14.9 Å². The molecule has 0 amide bonds. The van der Waals surface area contributed by atoms with Crippen LogP contribution >= 0.6 is 0 Å². The lowest BCUT2D eigenvalue weighted by molar-refractivity contribution is -0.263. The van der Waals surface area contributed by atoms with Crippen LogP contribution in [0.3, 0.4) is 0 Å². The quantitative estimate of drug-likeness (QED) is 0.348. The largest absolute Gasteiger partial charge is 0.534 e. The van der Waals surface area contributed by atoms with Gasteiger partial charge in [0.25, 0.3) is 0 Å². The van der Waals surface area contributed by atoms with E-state index < -0.39 is 6.16 Å². The van der Waals surface area contributed by atoms with Crippen LogP contribution in [0.4, 0.5) is 4.79 Å². The highest BCUT2D eigenvalue weighted by Crippen LogP contribution is 2.78. The molecule has 1 heterocycles. The molecule has 5 saturated carbocycles. The van der Waals surface area contributed by atoms with Crippen molar-refractivity contribution < 1.29 is 24.6 Å². The van der Waals surface area contributed by atoms with Crippen molar-refractivity contribution in [3.8, 4) is 11.8 Å². The normalized spacial score (nSPS) is 48.6. The molecule has 0 saturated heterocycles. The minimum Gasteiger partial charge on any atom is -0.492 e. The van der Waals surface area contributed by atoms with Crippen molar-refractivity contribution >= 4 is 6.16 Å². The van der Waals surface area contributed by atoms with E-state index in [1.165, 1.54) is 69.9 Å². The summed E-state index contributed by atoms with van der Waals surface area (Å²) in [6.45, 7) is 20.5. The molecule has 5 aliphatic carbocycles. The van der Waals surface area contributed by atoms with E-state index in [1.807, 2.05) is 0 Å². The second-order valence-electron chi connectivity index (χ2n) is 17.3. The van der Waals surface area contributed by atoms with Crippen molar-refractivity contribution in [3.05, 3.63) is 12.1 Å². The highest BCUT2D eigenvalue weighted by molar-refractivity contribution is 5.61. The summed E-state index contributed by atoms with van der Waals surface area (Å²) in [6.07, 6.45) is 12.7. The van der Waals surface area contributed by atoms with Crippen molar-refractivity contribution in [1.82, 2.24) is 4.73 Å². The molecule has 10 atom stereocenters. The number of ether oxygens (including phenoxy) is 1. The Labute approximate surface area is 247 Å². The molecule has 5 fully saturated rings. The maximum atomic E-state index is 12.7. The zero-order chi connectivity index (χ0) is 29.8. The predicted molar refractivity (Wildman–Crippen MR) is 159 cm³/mol. The van der Waals surface area contributed by atoms with Crippen LogP contribution < -0.4 is 4.84 Å². The average Bonchev–Trinajstić information content (AvgIpc) is 3.21. The molecule has 2 N–H and O–H groups in total. The van der Waals surface area contributed by atoms with Crippen molar-refractivity contribution in [2.45, 2.75) is 132 Å². The van der Waals surface area contributed by atoms with E-state index >= 15 is 0 Å². The fourth-order valence-corrected chi connectivity index (χ4v) is 12.2. The maximum absolute atomic E-state index is 12.7. The number of carbonyl (C=O) groups is 1. The molecule has 0 aromatic carbocycles. The van der Waals surface area contributed by atoms with Crippen molar-refractivity contribution in [3.63, 3.8) is 0 Å². The van der Waals surface area contributed by atoms with Crippen LogP contribution in [0.2, 0.25) is 0 Å². The Morgan fingerprint density at radius 1 is 0.756 bits per heavy atom. The number of fused-ring (bicyclic) bond motifs is 7. The summed E-state index contributed by atoms with van der Waals surface area (Å²) in [6, 6.07) is 2.54. The Kier molecular flexibility index (Phi) is 6.47. The second kappa shape index (κ2) is 9.08. The molecule has 1 aromatic rings. The first-order valence-corrected chi connectivity index (χ1v) is 16.5. The molecule has 6 rings (SSSR count). The lowest BCUT2D eigenvalue weighted by Gasteiger charge is -2.75. The average molecular weight is 570 g/mol. The van der Waals surface area contributed by atoms with Gasteiger partial charge in [-0.1, -0.05) is 55.4 Å². The molecule has 230 valence electrons. The molecular formula is C35H55NO5. The van der Waals surface area contributed by atoms with Crippen molar-refractivity contribution in [2.75, 3.05) is 0 Å². The highest BCUT2D eigenvalue weighted by Gasteiger charge is 2.71. The van der Waals surface area contributed by atoms with Crippen LogP contribution in [-0.4, -0.2) is 27.2 Å². The van der Waals surface area contributed by atoms with Crippen LogP contribution in [0.25, 0.3) is 0 Å². The van der Waals surface area contributed by atoms with Crippen LogP contribution in [-0.2, 0) is 4.74 Å². The third-order valence-electron chi connectivity index (χ3n) is 15.1. The molecule has 0 bridgehead atoms. The molecule has 41 heavy (non-hydrogen) atoms. The zero-order valence-electron chi connectivity index (χ0n) is 26.9. The fraction of sp³-hybridized carbons (Fsp3) is 0.857. The first kappa shape index (κ1) is 29.2. The minimum absolute atomic E-state index is 0.0896. The third kappa shape index (κ3) is 4.04. The predicted octanol–water partition coefficient (Wildman–Crippen LogP) is 8.73. The molecule has 0 radical (unpaired) electrons. The summed E-state index contributed by atoms with van der Waals surface area (Å²) in [4.78, 5) is 17.9. The van der Waals surface area contributed by atoms with Crippen LogP contribution in [0.15, 0.2) is 12.1 Å². The van der Waals surface area contributed by atoms with Gasteiger partial charge in [-0.05, 0) is 127 Å². The number of carbonyl (C=O) groups excluding carboxylic acids is 1. The van der Waals surface area contributed by atoms with Crippen molar-refractivity contribution in [2.24, 2.45) is 56.2 Å². The molecule has 1 aromatic heterocycles. The van der Waals surface area contributed by atoms with Gasteiger partial charge in [-0.15, -0.1) is 4.73 Å². The van der Waals surface area contributed by atoms with E-state index in [2.05, 4.69) is 55.4 Å². The monoisotopic (exact) mass is 569 g/mol. The maximum Gasteiger partial charge on any atom is 0.534 e. The molecule has 6 nitrogen and oxygen atoms in total. The topological polar surface area (TPSA) is 80.9 Å². The van der Waals surface area contributed by atoms with E-state index in [0.717, 1.165) is 24.7 Å². The van der Waals surface area contributed by atoms with E-state index in [0.29, 0.717) is 37.7 Å². The number of aromatic hydroxyl groups is 2. The Morgan fingerprint density at radius 2 is 1.37 bits per heavy atom. The van der Waals surface area contributed by atoms with Gasteiger partial charge in [0.1, 0.15) is 6.10 Å².